The molecule has 0 amide bonds. The molecule has 0 nitrogen and oxygen atoms in total. The van der Waals surface area contributed by atoms with Crippen molar-refractivity contribution in [1.29, 1.82) is 0 Å². The highest BCUT2D eigenvalue weighted by atomic mass is 79.9. The zero-order valence-electron chi connectivity index (χ0n) is 15.3. The molecule has 0 fully saturated rings. The van der Waals surface area contributed by atoms with E-state index in [2.05, 4.69) is 117 Å². The van der Waals surface area contributed by atoms with Crippen LogP contribution in [0.25, 0.3) is 21.9 Å². The third-order valence-corrected chi connectivity index (χ3v) is 6.73. The monoisotopic (exact) mass is 488 g/mol. The highest BCUT2D eigenvalue weighted by Gasteiger charge is 2.26. The van der Waals surface area contributed by atoms with Gasteiger partial charge in [-0.3, -0.25) is 0 Å². The number of halogens is 2. The second-order valence-corrected chi connectivity index (χ2v) is 8.25. The predicted octanol–water partition coefficient (Wildman–Crippen LogP) is 7.95. The van der Waals surface area contributed by atoms with Crippen molar-refractivity contribution in [2.75, 3.05) is 0 Å². The third-order valence-electron chi connectivity index (χ3n) is 5.43. The first-order valence-corrected chi connectivity index (χ1v) is 11.6. The van der Waals surface area contributed by atoms with Crippen molar-refractivity contribution in [2.24, 2.45) is 0 Å². The molecule has 5 rings (SSSR count). The molecule has 0 atom stereocenters. The van der Waals surface area contributed by atoms with E-state index in [0.717, 1.165) is 10.7 Å². The zero-order valence-corrected chi connectivity index (χ0v) is 18.4. The van der Waals surface area contributed by atoms with Crippen LogP contribution >= 0.6 is 31.9 Å². The molecule has 136 valence electrons. The first kappa shape index (κ1) is 17.9. The fourth-order valence-corrected chi connectivity index (χ4v) is 4.94. The van der Waals surface area contributed by atoms with Crippen molar-refractivity contribution in [3.63, 3.8) is 0 Å². The summed E-state index contributed by atoms with van der Waals surface area (Å²) in [6, 6.07) is 31.1. The van der Waals surface area contributed by atoms with E-state index in [1.807, 2.05) is 0 Å². The molecule has 0 bridgehead atoms. The summed E-state index contributed by atoms with van der Waals surface area (Å²) in [5, 5.41) is 4.39. The van der Waals surface area contributed by atoms with Gasteiger partial charge in [0.25, 0.3) is 0 Å². The average Bonchev–Trinajstić information content (AvgIpc) is 3.10. The van der Waals surface area contributed by atoms with Gasteiger partial charge in [0.1, 0.15) is 0 Å². The van der Waals surface area contributed by atoms with Gasteiger partial charge in [-0.1, -0.05) is 117 Å². The number of alkyl halides is 2. The van der Waals surface area contributed by atoms with Gasteiger partial charge in [-0.15, -0.1) is 0 Å². The van der Waals surface area contributed by atoms with Crippen LogP contribution in [0.2, 0.25) is 0 Å². The lowest BCUT2D eigenvalue weighted by Gasteiger charge is -2.13. The van der Waals surface area contributed by atoms with Crippen molar-refractivity contribution in [1.82, 2.24) is 0 Å². The van der Waals surface area contributed by atoms with Crippen LogP contribution in [0.5, 0.6) is 0 Å². The Balaban J connectivity index is 1.87. The molecule has 1 aliphatic carbocycles. The molecule has 0 heterocycles. The van der Waals surface area contributed by atoms with Crippen molar-refractivity contribution < 1.29 is 0 Å². The Morgan fingerprint density at radius 2 is 1.00 bits per heavy atom. The van der Waals surface area contributed by atoms with Crippen molar-refractivity contribution in [3.8, 4) is 0 Å². The van der Waals surface area contributed by atoms with E-state index < -0.39 is 0 Å². The molecule has 0 aromatic heterocycles. The second-order valence-electron chi connectivity index (χ2n) is 7.13. The highest BCUT2D eigenvalue weighted by molar-refractivity contribution is 9.08. The summed E-state index contributed by atoms with van der Waals surface area (Å²) in [4.78, 5) is 0. The number of hydrogen-bond donors (Lipinski definition) is 0. The van der Waals surface area contributed by atoms with Crippen LogP contribution in [-0.4, -0.2) is 0 Å². The van der Waals surface area contributed by atoms with Crippen LogP contribution in [0.4, 0.5) is 0 Å². The molecule has 0 radical (unpaired) electrons. The Kier molecular flexibility index (Phi) is 4.70. The zero-order chi connectivity index (χ0) is 19.1. The van der Waals surface area contributed by atoms with E-state index in [-0.39, 0.29) is 0 Å². The van der Waals surface area contributed by atoms with E-state index in [0.29, 0.717) is 0 Å². The summed E-state index contributed by atoms with van der Waals surface area (Å²) in [7, 11) is 0. The van der Waals surface area contributed by atoms with Gasteiger partial charge >= 0.3 is 0 Å². The maximum atomic E-state index is 3.62. The maximum Gasteiger partial charge on any atom is 0.0283 e. The Hall–Kier alpha value is -2.16. The predicted molar refractivity (Wildman–Crippen MR) is 127 cm³/mol. The minimum Gasteiger partial charge on any atom is -0.0876 e. The minimum atomic E-state index is 0.861. The summed E-state index contributed by atoms with van der Waals surface area (Å²) >= 11 is 7.23. The lowest BCUT2D eigenvalue weighted by atomic mass is 9.91. The SMILES string of the molecule is BrCc1cccc(C2=C(c3cccc(CBr)c3)c3cccc4cccc2c34)c1. The minimum absolute atomic E-state index is 0.861. The summed E-state index contributed by atoms with van der Waals surface area (Å²) in [5.74, 6) is 0. The molecular formula is C26H18Br2. The molecule has 0 saturated carbocycles. The summed E-state index contributed by atoms with van der Waals surface area (Å²) in [5.41, 5.74) is 10.5. The fourth-order valence-electron chi connectivity index (χ4n) is 4.25. The van der Waals surface area contributed by atoms with E-state index >= 15 is 0 Å². The Labute approximate surface area is 182 Å². The Morgan fingerprint density at radius 3 is 1.46 bits per heavy atom. The van der Waals surface area contributed by atoms with Crippen molar-refractivity contribution >= 4 is 53.8 Å². The van der Waals surface area contributed by atoms with Gasteiger partial charge in [0.15, 0.2) is 0 Å². The first-order valence-electron chi connectivity index (χ1n) is 9.37. The molecule has 4 aromatic rings. The number of hydrogen-bond acceptors (Lipinski definition) is 0. The summed E-state index contributed by atoms with van der Waals surface area (Å²) in [6.45, 7) is 0. The number of benzene rings is 4. The smallest absolute Gasteiger partial charge is 0.0283 e. The van der Waals surface area contributed by atoms with Crippen LogP contribution in [0.3, 0.4) is 0 Å². The van der Waals surface area contributed by atoms with Crippen LogP contribution in [0.1, 0.15) is 33.4 Å². The standard InChI is InChI=1S/C26H18Br2/c27-15-17-5-1-9-20(13-17)25-22-11-3-7-19-8-4-12-23(24(19)22)26(25)21-10-2-6-18(14-21)16-28/h1-14H,15-16H2. The van der Waals surface area contributed by atoms with Crippen LogP contribution < -0.4 is 0 Å². The fraction of sp³-hybridized carbons (Fsp3) is 0.0769. The van der Waals surface area contributed by atoms with E-state index in [4.69, 9.17) is 0 Å². The molecule has 2 heteroatoms. The number of rotatable bonds is 4. The van der Waals surface area contributed by atoms with E-state index in [1.54, 1.807) is 0 Å². The van der Waals surface area contributed by atoms with Gasteiger partial charge in [0, 0.05) is 10.7 Å². The van der Waals surface area contributed by atoms with Gasteiger partial charge in [-0.2, -0.15) is 0 Å². The molecular weight excluding hydrogens is 472 g/mol. The molecule has 4 aromatic carbocycles. The van der Waals surface area contributed by atoms with Crippen molar-refractivity contribution in [3.05, 3.63) is 118 Å². The van der Waals surface area contributed by atoms with Gasteiger partial charge in [-0.25, -0.2) is 0 Å². The largest absolute Gasteiger partial charge is 0.0876 e. The topological polar surface area (TPSA) is 0 Å². The first-order chi connectivity index (χ1) is 13.8. The normalized spacial score (nSPS) is 12.8. The molecule has 0 aliphatic heterocycles. The van der Waals surface area contributed by atoms with Crippen LogP contribution in [0, 0.1) is 0 Å². The molecule has 0 saturated heterocycles. The van der Waals surface area contributed by atoms with Crippen LogP contribution in [-0.2, 0) is 10.7 Å². The Morgan fingerprint density at radius 1 is 0.536 bits per heavy atom. The van der Waals surface area contributed by atoms with Crippen LogP contribution in [0.15, 0.2) is 84.9 Å². The van der Waals surface area contributed by atoms with Gasteiger partial charge < -0.3 is 0 Å². The molecule has 1 aliphatic rings. The molecule has 0 spiro atoms. The van der Waals surface area contributed by atoms with E-state index in [9.17, 15) is 0 Å². The third kappa shape index (κ3) is 2.87. The Bertz CT molecular complexity index is 1140. The molecule has 0 N–H and O–H groups in total. The lowest BCUT2D eigenvalue weighted by Crippen LogP contribution is -1.92. The van der Waals surface area contributed by atoms with Gasteiger partial charge in [-0.05, 0) is 55.3 Å². The maximum absolute atomic E-state index is 3.62. The van der Waals surface area contributed by atoms with Crippen molar-refractivity contribution in [2.45, 2.75) is 10.7 Å². The average molecular weight is 490 g/mol. The lowest BCUT2D eigenvalue weighted by molar-refractivity contribution is 1.41. The van der Waals surface area contributed by atoms with Gasteiger partial charge in [0.2, 0.25) is 0 Å². The second kappa shape index (κ2) is 7.35. The van der Waals surface area contributed by atoms with E-state index in [1.165, 1.54) is 55.3 Å². The molecule has 28 heavy (non-hydrogen) atoms. The summed E-state index contributed by atoms with van der Waals surface area (Å²) in [6.07, 6.45) is 0. The van der Waals surface area contributed by atoms with Gasteiger partial charge in [0.05, 0.1) is 0 Å². The molecule has 0 unspecified atom stereocenters. The highest BCUT2D eigenvalue weighted by Crippen LogP contribution is 2.48. The summed E-state index contributed by atoms with van der Waals surface area (Å²) < 4.78 is 0. The quantitative estimate of drug-likeness (QED) is 0.224.